The Balaban J connectivity index is 1.68. The SMILES string of the molecule is CC1C(CC(=O)O)c2cc(F)ccc2N1S(=O)(=O)c1ccc(S(=O)N2CCCC2)cc1. The van der Waals surface area contributed by atoms with E-state index >= 15 is 0 Å². The second-order valence-electron chi connectivity index (χ2n) is 7.81. The molecule has 4 rings (SSSR count). The van der Waals surface area contributed by atoms with Crippen LogP contribution in [0.1, 0.15) is 37.7 Å². The Morgan fingerprint density at radius 3 is 2.42 bits per heavy atom. The maximum Gasteiger partial charge on any atom is 0.304 e. The van der Waals surface area contributed by atoms with Gasteiger partial charge in [0, 0.05) is 19.0 Å². The number of anilines is 1. The van der Waals surface area contributed by atoms with E-state index < -0.39 is 44.8 Å². The molecule has 0 bridgehead atoms. The molecule has 7 nitrogen and oxygen atoms in total. The van der Waals surface area contributed by atoms with Crippen molar-refractivity contribution in [1.82, 2.24) is 4.31 Å². The van der Waals surface area contributed by atoms with Crippen molar-refractivity contribution in [1.29, 1.82) is 0 Å². The maximum atomic E-state index is 13.8. The number of rotatable bonds is 6. The molecule has 2 aliphatic rings. The number of benzene rings is 2. The highest BCUT2D eigenvalue weighted by atomic mass is 32.2. The summed E-state index contributed by atoms with van der Waals surface area (Å²) < 4.78 is 56.4. The van der Waals surface area contributed by atoms with Crippen molar-refractivity contribution in [3.05, 3.63) is 53.8 Å². The molecule has 1 N–H and O–H groups in total. The van der Waals surface area contributed by atoms with E-state index in [2.05, 4.69) is 0 Å². The van der Waals surface area contributed by atoms with Crippen LogP contribution >= 0.6 is 0 Å². The molecule has 10 heteroatoms. The van der Waals surface area contributed by atoms with Gasteiger partial charge in [-0.15, -0.1) is 0 Å². The second-order valence-corrected chi connectivity index (χ2v) is 11.1. The molecule has 0 radical (unpaired) electrons. The van der Waals surface area contributed by atoms with Gasteiger partial charge in [0.1, 0.15) is 16.8 Å². The predicted molar refractivity (Wildman–Crippen MR) is 114 cm³/mol. The van der Waals surface area contributed by atoms with Gasteiger partial charge in [-0.3, -0.25) is 9.10 Å². The second kappa shape index (κ2) is 8.33. The fourth-order valence-electron chi connectivity index (χ4n) is 4.33. The summed E-state index contributed by atoms with van der Waals surface area (Å²) in [5.74, 6) is -2.30. The summed E-state index contributed by atoms with van der Waals surface area (Å²) in [6, 6.07) is 8.97. The molecule has 2 aromatic carbocycles. The van der Waals surface area contributed by atoms with E-state index in [9.17, 15) is 26.9 Å². The summed E-state index contributed by atoms with van der Waals surface area (Å²) in [4.78, 5) is 11.9. The van der Waals surface area contributed by atoms with Crippen LogP contribution < -0.4 is 4.31 Å². The molecule has 0 aliphatic carbocycles. The van der Waals surface area contributed by atoms with Crippen LogP contribution in [0.15, 0.2) is 52.3 Å². The minimum atomic E-state index is -4.04. The van der Waals surface area contributed by atoms with Crippen LogP contribution in [0.2, 0.25) is 0 Å². The van der Waals surface area contributed by atoms with E-state index in [1.54, 1.807) is 19.1 Å². The van der Waals surface area contributed by atoms with Crippen molar-refractivity contribution in [2.75, 3.05) is 17.4 Å². The summed E-state index contributed by atoms with van der Waals surface area (Å²) in [6.07, 6.45) is 1.67. The van der Waals surface area contributed by atoms with E-state index in [1.807, 2.05) is 4.31 Å². The number of aliphatic carboxylic acids is 1. The van der Waals surface area contributed by atoms with Crippen molar-refractivity contribution < 1.29 is 26.9 Å². The van der Waals surface area contributed by atoms with Gasteiger partial charge >= 0.3 is 5.97 Å². The third kappa shape index (κ3) is 3.99. The Labute approximate surface area is 183 Å². The van der Waals surface area contributed by atoms with Gasteiger partial charge < -0.3 is 5.11 Å². The van der Waals surface area contributed by atoms with Gasteiger partial charge in [-0.25, -0.2) is 21.3 Å². The summed E-state index contributed by atoms with van der Waals surface area (Å²) >= 11 is 0. The molecule has 166 valence electrons. The molecular formula is C21H23FN2O5S2. The van der Waals surface area contributed by atoms with Gasteiger partial charge in [0.05, 0.1) is 27.9 Å². The average molecular weight is 467 g/mol. The van der Waals surface area contributed by atoms with Crippen LogP contribution in [0.3, 0.4) is 0 Å². The van der Waals surface area contributed by atoms with Crippen LogP contribution in [0.25, 0.3) is 0 Å². The molecule has 2 aliphatic heterocycles. The zero-order chi connectivity index (χ0) is 22.3. The highest BCUT2D eigenvalue weighted by molar-refractivity contribution is 7.93. The van der Waals surface area contributed by atoms with Gasteiger partial charge in [-0.2, -0.15) is 0 Å². The summed E-state index contributed by atoms with van der Waals surface area (Å²) in [7, 11) is -5.38. The van der Waals surface area contributed by atoms with Crippen LogP contribution in [0.5, 0.6) is 0 Å². The molecule has 0 aromatic heterocycles. The monoisotopic (exact) mass is 466 g/mol. The van der Waals surface area contributed by atoms with E-state index in [1.165, 1.54) is 34.6 Å². The first-order valence-corrected chi connectivity index (χ1v) is 12.6. The fourth-order valence-corrected chi connectivity index (χ4v) is 7.30. The minimum absolute atomic E-state index is 0.00720. The Morgan fingerprint density at radius 1 is 1.16 bits per heavy atom. The number of carboxylic acids is 1. The fraction of sp³-hybridized carbons (Fsp3) is 0.381. The lowest BCUT2D eigenvalue weighted by Gasteiger charge is -2.26. The molecule has 0 amide bonds. The van der Waals surface area contributed by atoms with Crippen LogP contribution in [0.4, 0.5) is 10.1 Å². The molecular weight excluding hydrogens is 443 g/mol. The first-order chi connectivity index (χ1) is 14.7. The van der Waals surface area contributed by atoms with Gasteiger partial charge in [0.2, 0.25) is 0 Å². The van der Waals surface area contributed by atoms with Crippen LogP contribution in [-0.2, 0) is 25.8 Å². The Kier molecular flexibility index (Phi) is 5.89. The van der Waals surface area contributed by atoms with Crippen molar-refractivity contribution >= 4 is 32.7 Å². The third-order valence-corrected chi connectivity index (χ3v) is 9.28. The highest BCUT2D eigenvalue weighted by Crippen LogP contribution is 2.45. The molecule has 1 saturated heterocycles. The molecule has 1 fully saturated rings. The predicted octanol–water partition coefficient (Wildman–Crippen LogP) is 3.10. The largest absolute Gasteiger partial charge is 0.481 e. The molecule has 0 spiro atoms. The number of carbonyl (C=O) groups is 1. The lowest BCUT2D eigenvalue weighted by Crippen LogP contribution is -2.37. The lowest BCUT2D eigenvalue weighted by molar-refractivity contribution is -0.137. The minimum Gasteiger partial charge on any atom is -0.481 e. The zero-order valence-electron chi connectivity index (χ0n) is 16.9. The first kappa shape index (κ1) is 21.9. The molecule has 3 unspecified atom stereocenters. The highest BCUT2D eigenvalue weighted by Gasteiger charge is 2.43. The maximum absolute atomic E-state index is 13.8. The van der Waals surface area contributed by atoms with Crippen molar-refractivity contribution in [2.24, 2.45) is 0 Å². The Morgan fingerprint density at radius 2 is 1.81 bits per heavy atom. The third-order valence-electron chi connectivity index (χ3n) is 5.85. The summed E-state index contributed by atoms with van der Waals surface area (Å²) in [5.41, 5.74) is 0.648. The molecule has 0 saturated carbocycles. The van der Waals surface area contributed by atoms with Crippen LogP contribution in [0, 0.1) is 5.82 Å². The number of fused-ring (bicyclic) bond motifs is 1. The summed E-state index contributed by atoms with van der Waals surface area (Å²) in [5, 5.41) is 9.27. The van der Waals surface area contributed by atoms with Crippen molar-refractivity contribution in [2.45, 2.75) is 47.9 Å². The van der Waals surface area contributed by atoms with E-state index in [4.69, 9.17) is 0 Å². The van der Waals surface area contributed by atoms with Crippen molar-refractivity contribution in [3.63, 3.8) is 0 Å². The lowest BCUT2D eigenvalue weighted by atomic mass is 9.93. The summed E-state index contributed by atoms with van der Waals surface area (Å²) in [6.45, 7) is 3.12. The van der Waals surface area contributed by atoms with Crippen LogP contribution in [-0.4, -0.2) is 47.1 Å². The Hall–Kier alpha value is -2.30. The Bertz CT molecular complexity index is 1130. The number of nitrogens with zero attached hydrogens (tertiary/aromatic N) is 2. The van der Waals surface area contributed by atoms with Gasteiger partial charge in [0.25, 0.3) is 10.0 Å². The number of carboxylic acid groups (broad SMARTS) is 1. The van der Waals surface area contributed by atoms with Gasteiger partial charge in [-0.05, 0) is 67.8 Å². The number of halogens is 1. The number of sulfonamides is 1. The van der Waals surface area contributed by atoms with E-state index in [0.717, 1.165) is 25.9 Å². The number of hydrogen-bond donors (Lipinski definition) is 1. The molecule has 2 aromatic rings. The van der Waals surface area contributed by atoms with E-state index in [-0.39, 0.29) is 17.0 Å². The normalized spacial score (nSPS) is 22.5. The zero-order valence-corrected chi connectivity index (χ0v) is 18.5. The quantitative estimate of drug-likeness (QED) is 0.706. The molecule has 31 heavy (non-hydrogen) atoms. The average Bonchev–Trinajstić information content (AvgIpc) is 3.35. The molecule has 2 heterocycles. The van der Waals surface area contributed by atoms with Crippen molar-refractivity contribution in [3.8, 4) is 0 Å². The topological polar surface area (TPSA) is 95.0 Å². The standard InChI is InChI=1S/C21H23FN2O5S2/c1-14-18(13-21(25)26)19-12-15(22)4-9-20(19)24(14)31(28,29)17-7-5-16(6-8-17)30(27)23-10-2-3-11-23/h4-9,12,14,18H,2-3,10-11,13H2,1H3,(H,25,26). The smallest absolute Gasteiger partial charge is 0.304 e. The first-order valence-electron chi connectivity index (χ1n) is 10.0. The van der Waals surface area contributed by atoms with E-state index in [0.29, 0.717) is 10.5 Å². The molecule has 3 atom stereocenters. The number of hydrogen-bond acceptors (Lipinski definition) is 4. The van der Waals surface area contributed by atoms with Gasteiger partial charge in [-0.1, -0.05) is 0 Å². The van der Waals surface area contributed by atoms with Gasteiger partial charge in [0.15, 0.2) is 0 Å².